The molecule has 110 valence electrons. The topological polar surface area (TPSA) is 111 Å². The van der Waals surface area contributed by atoms with Crippen LogP contribution in [-0.4, -0.2) is 63.0 Å². The van der Waals surface area contributed by atoms with Gasteiger partial charge in [-0.3, -0.25) is 0 Å². The first-order valence-electron chi connectivity index (χ1n) is 6.18. The van der Waals surface area contributed by atoms with Crippen LogP contribution in [0, 0.1) is 0 Å². The van der Waals surface area contributed by atoms with Crippen molar-refractivity contribution < 1.29 is 10.2 Å². The molecule has 0 bridgehead atoms. The van der Waals surface area contributed by atoms with Crippen LogP contribution in [0.15, 0.2) is 12.5 Å². The first kappa shape index (κ1) is 14.9. The van der Waals surface area contributed by atoms with Crippen molar-refractivity contribution in [2.45, 2.75) is 12.1 Å². The minimum Gasteiger partial charge on any atom is -0.394 e. The number of aliphatic hydroxyl groups is 2. The molecule has 0 unspecified atom stereocenters. The molecule has 2 aromatic rings. The summed E-state index contributed by atoms with van der Waals surface area (Å²) >= 11 is 1.53. The second kappa shape index (κ2) is 6.29. The molecule has 0 aromatic carbocycles. The average molecular weight is 297 g/mol. The number of hydrogen-bond donors (Lipinski definition) is 4. The number of nitrogens with one attached hydrogen (secondary N) is 1. The highest BCUT2D eigenvalue weighted by molar-refractivity contribution is 7.98. The van der Waals surface area contributed by atoms with Crippen LogP contribution in [0.1, 0.15) is 0 Å². The van der Waals surface area contributed by atoms with E-state index in [1.165, 1.54) is 18.1 Å². The molecule has 20 heavy (non-hydrogen) atoms. The van der Waals surface area contributed by atoms with Crippen molar-refractivity contribution in [3.05, 3.63) is 12.5 Å². The van der Waals surface area contributed by atoms with Crippen molar-refractivity contribution >= 4 is 34.3 Å². The van der Waals surface area contributed by atoms with Gasteiger partial charge in [0.2, 0.25) is 0 Å². The summed E-state index contributed by atoms with van der Waals surface area (Å²) in [6.45, 7) is -0.147. The van der Waals surface area contributed by atoms with Crippen LogP contribution in [0.4, 0.5) is 11.5 Å². The molecule has 0 fully saturated rings. The van der Waals surface area contributed by atoms with Crippen molar-refractivity contribution in [2.24, 2.45) is 0 Å². The summed E-state index contributed by atoms with van der Waals surface area (Å²) in [7, 11) is 1.81. The zero-order valence-electron chi connectivity index (χ0n) is 11.4. The average Bonchev–Trinajstić information content (AvgIpc) is 2.85. The summed E-state index contributed by atoms with van der Waals surface area (Å²) in [5.74, 6) is 0.926. The van der Waals surface area contributed by atoms with E-state index in [2.05, 4.69) is 15.0 Å². The molecule has 0 saturated heterocycles. The SMILES string of the molecule is CSC[C@@H](O)[C@@H](CO)N(C)c1c[nH]c2c(N)ncnc12. The third kappa shape index (κ3) is 2.67. The van der Waals surface area contributed by atoms with Gasteiger partial charge in [-0.15, -0.1) is 0 Å². The van der Waals surface area contributed by atoms with Crippen molar-refractivity contribution in [2.75, 3.05) is 36.3 Å². The minimum absolute atomic E-state index is 0.147. The van der Waals surface area contributed by atoms with E-state index in [9.17, 15) is 10.2 Å². The number of fused-ring (bicyclic) bond motifs is 1. The molecule has 0 radical (unpaired) electrons. The smallest absolute Gasteiger partial charge is 0.151 e. The van der Waals surface area contributed by atoms with Gasteiger partial charge in [0.05, 0.1) is 24.4 Å². The van der Waals surface area contributed by atoms with Gasteiger partial charge in [-0.2, -0.15) is 11.8 Å². The Hall–Kier alpha value is -1.51. The van der Waals surface area contributed by atoms with E-state index in [1.54, 1.807) is 6.20 Å². The number of nitrogen functional groups attached to an aromatic ring is 1. The highest BCUT2D eigenvalue weighted by Crippen LogP contribution is 2.28. The standard InChI is InChI=1S/C12H19N5O2S/c1-17(8(4-18)9(19)5-20-2)7-3-14-11-10(7)15-6-16-12(11)13/h3,6,8-9,14,18-19H,4-5H2,1-2H3,(H2,13,15,16)/t8-,9-/m1/s1. The Morgan fingerprint density at radius 2 is 2.25 bits per heavy atom. The fraction of sp³-hybridized carbons (Fsp3) is 0.500. The molecule has 2 heterocycles. The lowest BCUT2D eigenvalue weighted by Gasteiger charge is -2.31. The Labute approximate surface area is 121 Å². The van der Waals surface area contributed by atoms with E-state index in [0.717, 1.165) is 5.69 Å². The van der Waals surface area contributed by atoms with Crippen molar-refractivity contribution in [3.63, 3.8) is 0 Å². The van der Waals surface area contributed by atoms with E-state index in [0.29, 0.717) is 22.6 Å². The van der Waals surface area contributed by atoms with Crippen LogP contribution in [0.25, 0.3) is 11.0 Å². The van der Waals surface area contributed by atoms with Gasteiger partial charge in [-0.1, -0.05) is 0 Å². The van der Waals surface area contributed by atoms with E-state index < -0.39 is 12.1 Å². The molecule has 0 amide bonds. The second-order valence-electron chi connectivity index (χ2n) is 4.54. The molecular formula is C12H19N5O2S. The van der Waals surface area contributed by atoms with Crippen LogP contribution in [0.3, 0.4) is 0 Å². The Morgan fingerprint density at radius 1 is 1.50 bits per heavy atom. The number of rotatable bonds is 6. The molecule has 0 spiro atoms. The Bertz CT molecular complexity index is 576. The highest BCUT2D eigenvalue weighted by Gasteiger charge is 2.25. The first-order chi connectivity index (χ1) is 9.60. The van der Waals surface area contributed by atoms with E-state index in [4.69, 9.17) is 5.73 Å². The Morgan fingerprint density at radius 3 is 2.90 bits per heavy atom. The van der Waals surface area contributed by atoms with Gasteiger partial charge in [-0.25, -0.2) is 9.97 Å². The maximum atomic E-state index is 10.1. The van der Waals surface area contributed by atoms with E-state index in [1.807, 2.05) is 18.2 Å². The van der Waals surface area contributed by atoms with E-state index in [-0.39, 0.29) is 6.61 Å². The Balaban J connectivity index is 2.34. The van der Waals surface area contributed by atoms with Gasteiger partial charge in [0, 0.05) is 19.0 Å². The quantitative estimate of drug-likeness (QED) is 0.596. The largest absolute Gasteiger partial charge is 0.394 e. The summed E-state index contributed by atoms with van der Waals surface area (Å²) in [5, 5.41) is 19.7. The number of thioether (sulfide) groups is 1. The maximum Gasteiger partial charge on any atom is 0.151 e. The van der Waals surface area contributed by atoms with Crippen LogP contribution in [0.5, 0.6) is 0 Å². The minimum atomic E-state index is -0.635. The molecule has 7 nitrogen and oxygen atoms in total. The summed E-state index contributed by atoms with van der Waals surface area (Å²) in [6.07, 6.45) is 4.43. The predicted octanol–water partition coefficient (Wildman–Crippen LogP) is 0.0611. The lowest BCUT2D eigenvalue weighted by Crippen LogP contribution is -2.45. The summed E-state index contributed by atoms with van der Waals surface area (Å²) in [4.78, 5) is 13.0. The Kier molecular flexibility index (Phi) is 4.69. The normalized spacial score (nSPS) is 14.4. The molecule has 2 aromatic heterocycles. The second-order valence-corrected chi connectivity index (χ2v) is 5.45. The van der Waals surface area contributed by atoms with Gasteiger partial charge in [-0.05, 0) is 6.26 Å². The third-order valence-corrected chi connectivity index (χ3v) is 3.99. The fourth-order valence-corrected chi connectivity index (χ4v) is 2.74. The lowest BCUT2D eigenvalue weighted by molar-refractivity contribution is 0.124. The monoisotopic (exact) mass is 297 g/mol. The molecule has 2 atom stereocenters. The number of nitrogens with zero attached hydrogens (tertiary/aromatic N) is 3. The van der Waals surface area contributed by atoms with Crippen LogP contribution >= 0.6 is 11.8 Å². The van der Waals surface area contributed by atoms with Gasteiger partial charge in [0.1, 0.15) is 17.4 Å². The van der Waals surface area contributed by atoms with Gasteiger partial charge >= 0.3 is 0 Å². The molecular weight excluding hydrogens is 278 g/mol. The number of aliphatic hydroxyl groups excluding tert-OH is 2. The summed E-state index contributed by atoms with van der Waals surface area (Å²) in [6, 6.07) is -0.405. The number of anilines is 2. The molecule has 0 aliphatic heterocycles. The number of hydrogen-bond acceptors (Lipinski definition) is 7. The zero-order valence-corrected chi connectivity index (χ0v) is 12.3. The van der Waals surface area contributed by atoms with Crippen molar-refractivity contribution in [3.8, 4) is 0 Å². The maximum absolute atomic E-state index is 10.1. The predicted molar refractivity (Wildman–Crippen MR) is 82.0 cm³/mol. The first-order valence-corrected chi connectivity index (χ1v) is 7.57. The molecule has 0 aliphatic rings. The molecule has 5 N–H and O–H groups in total. The zero-order chi connectivity index (χ0) is 14.7. The van der Waals surface area contributed by atoms with Gasteiger partial charge in [0.25, 0.3) is 0 Å². The van der Waals surface area contributed by atoms with Crippen molar-refractivity contribution in [1.29, 1.82) is 0 Å². The summed E-state index contributed by atoms with van der Waals surface area (Å²) < 4.78 is 0. The van der Waals surface area contributed by atoms with Crippen LogP contribution in [-0.2, 0) is 0 Å². The van der Waals surface area contributed by atoms with Crippen molar-refractivity contribution in [1.82, 2.24) is 15.0 Å². The van der Waals surface area contributed by atoms with Gasteiger partial charge in [0.15, 0.2) is 5.82 Å². The molecule has 8 heteroatoms. The van der Waals surface area contributed by atoms with Gasteiger partial charge < -0.3 is 25.8 Å². The molecule has 2 rings (SSSR count). The third-order valence-electron chi connectivity index (χ3n) is 3.32. The molecule has 0 saturated carbocycles. The van der Waals surface area contributed by atoms with Crippen LogP contribution in [0.2, 0.25) is 0 Å². The number of likely N-dealkylation sites (N-methyl/N-ethyl adjacent to an activating group) is 1. The number of aromatic nitrogens is 3. The number of aromatic amines is 1. The summed E-state index contributed by atoms with van der Waals surface area (Å²) in [5.41, 5.74) is 7.89. The lowest BCUT2D eigenvalue weighted by atomic mass is 10.1. The molecule has 0 aliphatic carbocycles. The number of nitrogens with two attached hydrogens (primary N) is 1. The fourth-order valence-electron chi connectivity index (χ4n) is 2.18. The van der Waals surface area contributed by atoms with E-state index >= 15 is 0 Å². The number of H-pyrrole nitrogens is 1. The van der Waals surface area contributed by atoms with Crippen LogP contribution < -0.4 is 10.6 Å². The highest BCUT2D eigenvalue weighted by atomic mass is 32.2.